The molecule has 1 rings (SSSR count). The molecule has 16 heavy (non-hydrogen) atoms. The molecule has 0 aromatic heterocycles. The van der Waals surface area contributed by atoms with Crippen LogP contribution in [0.5, 0.6) is 0 Å². The zero-order valence-corrected chi connectivity index (χ0v) is 10.4. The van der Waals surface area contributed by atoms with Crippen molar-refractivity contribution < 1.29 is 13.9 Å². The fourth-order valence-corrected chi connectivity index (χ4v) is 1.77. The zero-order valence-electron chi connectivity index (χ0n) is 10.4. The first-order chi connectivity index (χ1) is 7.29. The summed E-state index contributed by atoms with van der Waals surface area (Å²) in [6.07, 6.45) is -0.555. The van der Waals surface area contributed by atoms with Crippen LogP contribution in [0.1, 0.15) is 27.7 Å². The molecule has 0 bridgehead atoms. The summed E-state index contributed by atoms with van der Waals surface area (Å²) < 4.78 is 18.2. The minimum Gasteiger partial charge on any atom is -0.444 e. The van der Waals surface area contributed by atoms with Crippen LogP contribution in [0.3, 0.4) is 0 Å². The summed E-state index contributed by atoms with van der Waals surface area (Å²) in [5.41, 5.74) is -1.38. The second-order valence-corrected chi connectivity index (χ2v) is 5.45. The molecular weight excluding hydrogens is 211 g/mol. The highest BCUT2D eigenvalue weighted by Gasteiger charge is 2.42. The molecule has 1 aliphatic heterocycles. The molecule has 0 spiro atoms. The van der Waals surface area contributed by atoms with E-state index in [2.05, 4.69) is 10.6 Å². The van der Waals surface area contributed by atoms with Crippen LogP contribution >= 0.6 is 0 Å². The van der Waals surface area contributed by atoms with Crippen LogP contribution in [0.2, 0.25) is 0 Å². The minimum absolute atomic E-state index is 0.0602. The number of alkyl halides is 1. The van der Waals surface area contributed by atoms with Gasteiger partial charge in [0.1, 0.15) is 12.3 Å². The fourth-order valence-electron chi connectivity index (χ4n) is 1.77. The Morgan fingerprint density at radius 3 is 2.62 bits per heavy atom. The molecule has 5 heteroatoms. The van der Waals surface area contributed by atoms with E-state index in [0.29, 0.717) is 13.1 Å². The van der Waals surface area contributed by atoms with E-state index in [0.717, 1.165) is 0 Å². The van der Waals surface area contributed by atoms with Crippen LogP contribution in [0.25, 0.3) is 0 Å². The molecule has 0 aliphatic carbocycles. The van der Waals surface area contributed by atoms with Gasteiger partial charge in [0.2, 0.25) is 0 Å². The van der Waals surface area contributed by atoms with Crippen LogP contribution in [0.4, 0.5) is 9.18 Å². The first kappa shape index (κ1) is 13.2. The van der Waals surface area contributed by atoms with E-state index in [1.165, 1.54) is 0 Å². The van der Waals surface area contributed by atoms with Crippen molar-refractivity contribution in [2.75, 3.05) is 19.8 Å². The largest absolute Gasteiger partial charge is 0.444 e. The second-order valence-electron chi connectivity index (χ2n) is 5.45. The lowest BCUT2D eigenvalue weighted by Gasteiger charge is -2.32. The van der Waals surface area contributed by atoms with E-state index in [1.54, 1.807) is 20.8 Å². The van der Waals surface area contributed by atoms with Crippen LogP contribution in [0.15, 0.2) is 0 Å². The van der Waals surface area contributed by atoms with Crippen molar-refractivity contribution in [1.29, 1.82) is 0 Å². The van der Waals surface area contributed by atoms with E-state index < -0.39 is 23.9 Å². The molecule has 1 aliphatic rings. The lowest BCUT2D eigenvalue weighted by Crippen LogP contribution is -2.56. The minimum atomic E-state index is -0.817. The van der Waals surface area contributed by atoms with Crippen LogP contribution in [-0.4, -0.2) is 37.0 Å². The normalized spacial score (nSPS) is 30.2. The van der Waals surface area contributed by atoms with Gasteiger partial charge in [0.15, 0.2) is 0 Å². The second kappa shape index (κ2) is 4.57. The number of carbonyl (C=O) groups is 1. The summed E-state index contributed by atoms with van der Waals surface area (Å²) in [5, 5.41) is 5.72. The van der Waals surface area contributed by atoms with E-state index in [-0.39, 0.29) is 5.92 Å². The highest BCUT2D eigenvalue weighted by Crippen LogP contribution is 2.23. The van der Waals surface area contributed by atoms with Crippen molar-refractivity contribution in [1.82, 2.24) is 10.6 Å². The topological polar surface area (TPSA) is 50.4 Å². The van der Waals surface area contributed by atoms with Gasteiger partial charge in [-0.2, -0.15) is 0 Å². The summed E-state index contributed by atoms with van der Waals surface area (Å²) >= 11 is 0. The zero-order chi connectivity index (χ0) is 12.4. The third kappa shape index (κ3) is 3.07. The lowest BCUT2D eigenvalue weighted by molar-refractivity contribution is 0.0418. The van der Waals surface area contributed by atoms with Gasteiger partial charge in [0.25, 0.3) is 0 Å². The number of nitrogens with one attached hydrogen (secondary N) is 2. The number of halogens is 1. The Hall–Kier alpha value is -0.840. The van der Waals surface area contributed by atoms with Gasteiger partial charge >= 0.3 is 6.09 Å². The molecule has 4 nitrogen and oxygen atoms in total. The highest BCUT2D eigenvalue weighted by molar-refractivity contribution is 5.69. The Morgan fingerprint density at radius 2 is 2.25 bits per heavy atom. The smallest absolute Gasteiger partial charge is 0.408 e. The first-order valence-corrected chi connectivity index (χ1v) is 5.57. The van der Waals surface area contributed by atoms with E-state index in [4.69, 9.17) is 4.74 Å². The monoisotopic (exact) mass is 232 g/mol. The van der Waals surface area contributed by atoms with Gasteiger partial charge < -0.3 is 15.4 Å². The van der Waals surface area contributed by atoms with Crippen molar-refractivity contribution in [2.24, 2.45) is 5.92 Å². The average molecular weight is 232 g/mol. The number of hydrogen-bond acceptors (Lipinski definition) is 3. The number of carbonyl (C=O) groups excluding carboxylic acids is 1. The van der Waals surface area contributed by atoms with Crippen molar-refractivity contribution in [3.8, 4) is 0 Å². The maximum atomic E-state index is 13.1. The molecule has 0 saturated carbocycles. The van der Waals surface area contributed by atoms with Gasteiger partial charge in [-0.25, -0.2) is 9.18 Å². The molecule has 1 saturated heterocycles. The molecule has 2 unspecified atom stereocenters. The quantitative estimate of drug-likeness (QED) is 0.758. The Morgan fingerprint density at radius 1 is 1.62 bits per heavy atom. The van der Waals surface area contributed by atoms with Crippen LogP contribution in [-0.2, 0) is 4.74 Å². The van der Waals surface area contributed by atoms with Gasteiger partial charge in [0, 0.05) is 13.1 Å². The van der Waals surface area contributed by atoms with Gasteiger partial charge in [-0.3, -0.25) is 0 Å². The molecule has 1 heterocycles. The Kier molecular flexibility index (Phi) is 3.78. The summed E-state index contributed by atoms with van der Waals surface area (Å²) in [6, 6.07) is 0. The van der Waals surface area contributed by atoms with Crippen molar-refractivity contribution in [2.45, 2.75) is 38.8 Å². The molecule has 0 aromatic rings. The van der Waals surface area contributed by atoms with Gasteiger partial charge in [-0.1, -0.05) is 6.92 Å². The SMILES string of the molecule is CC1CNCC1(CF)NC(=O)OC(C)(C)C. The number of ether oxygens (including phenoxy) is 1. The average Bonchev–Trinajstić information content (AvgIpc) is 2.45. The molecule has 2 N–H and O–H groups in total. The summed E-state index contributed by atoms with van der Waals surface area (Å²) in [6.45, 7) is 7.84. The summed E-state index contributed by atoms with van der Waals surface area (Å²) in [5.74, 6) is 0.0602. The summed E-state index contributed by atoms with van der Waals surface area (Å²) in [4.78, 5) is 11.6. The van der Waals surface area contributed by atoms with E-state index >= 15 is 0 Å². The maximum Gasteiger partial charge on any atom is 0.408 e. The van der Waals surface area contributed by atoms with Gasteiger partial charge in [0.05, 0.1) is 5.54 Å². The van der Waals surface area contributed by atoms with Crippen LogP contribution < -0.4 is 10.6 Å². The highest BCUT2D eigenvalue weighted by atomic mass is 19.1. The number of alkyl carbamates (subject to hydrolysis) is 1. The molecule has 2 atom stereocenters. The third-order valence-corrected chi connectivity index (χ3v) is 2.82. The van der Waals surface area contributed by atoms with Crippen molar-refractivity contribution in [3.63, 3.8) is 0 Å². The van der Waals surface area contributed by atoms with Crippen LogP contribution in [0, 0.1) is 5.92 Å². The van der Waals surface area contributed by atoms with E-state index in [9.17, 15) is 9.18 Å². The van der Waals surface area contributed by atoms with Gasteiger partial charge in [-0.15, -0.1) is 0 Å². The molecule has 0 radical (unpaired) electrons. The maximum absolute atomic E-state index is 13.1. The van der Waals surface area contributed by atoms with E-state index in [1.807, 2.05) is 6.92 Å². The molecule has 0 aromatic carbocycles. The van der Waals surface area contributed by atoms with Crippen molar-refractivity contribution in [3.05, 3.63) is 0 Å². The molecular formula is C11H21FN2O2. The van der Waals surface area contributed by atoms with Crippen molar-refractivity contribution >= 4 is 6.09 Å². The summed E-state index contributed by atoms with van der Waals surface area (Å²) in [7, 11) is 0. The Bertz CT molecular complexity index is 265. The number of hydrogen-bond donors (Lipinski definition) is 2. The third-order valence-electron chi connectivity index (χ3n) is 2.82. The molecule has 94 valence electrons. The lowest BCUT2D eigenvalue weighted by atomic mass is 9.90. The molecule has 1 amide bonds. The standard InChI is InChI=1S/C11H21FN2O2/c1-8-5-13-7-11(8,6-12)14-9(15)16-10(2,3)4/h8,13H,5-7H2,1-4H3,(H,14,15). The van der Waals surface area contributed by atoms with Gasteiger partial charge in [-0.05, 0) is 26.7 Å². The fraction of sp³-hybridized carbons (Fsp3) is 0.909. The Labute approximate surface area is 95.9 Å². The predicted octanol–water partition coefficient (Wildman–Crippen LogP) is 1.46. The first-order valence-electron chi connectivity index (χ1n) is 5.57. The number of amides is 1. The Balaban J connectivity index is 2.60. The molecule has 1 fully saturated rings. The number of rotatable bonds is 2. The predicted molar refractivity (Wildman–Crippen MR) is 60.1 cm³/mol.